The van der Waals surface area contributed by atoms with Crippen LogP contribution < -0.4 is 0 Å². The van der Waals surface area contributed by atoms with Crippen molar-refractivity contribution in [3.63, 3.8) is 0 Å². The second-order valence-electron chi connectivity index (χ2n) is 4.05. The number of fused-ring (bicyclic) bond motifs is 1. The summed E-state index contributed by atoms with van der Waals surface area (Å²) in [7, 11) is 0. The second kappa shape index (κ2) is 6.12. The highest BCUT2D eigenvalue weighted by molar-refractivity contribution is 5.55. The first-order valence-electron chi connectivity index (χ1n) is 6.01. The lowest BCUT2D eigenvalue weighted by molar-refractivity contribution is 0.986. The van der Waals surface area contributed by atoms with Crippen molar-refractivity contribution >= 4 is 6.08 Å². The number of allylic oxidation sites excluding steroid dienone is 5. The molecule has 16 heavy (non-hydrogen) atoms. The summed E-state index contributed by atoms with van der Waals surface area (Å²) in [5.41, 5.74) is 2.89. The molecular weight excluding hydrogens is 192 g/mol. The molecule has 0 unspecified atom stereocenters. The normalized spacial score (nSPS) is 16.2. The molecule has 0 saturated carbocycles. The molecule has 1 aromatic rings. The van der Waals surface area contributed by atoms with Crippen LogP contribution in [-0.4, -0.2) is 0 Å². The van der Waals surface area contributed by atoms with E-state index < -0.39 is 0 Å². The second-order valence-corrected chi connectivity index (χ2v) is 4.05. The smallest absolute Gasteiger partial charge is 0.0169 e. The summed E-state index contributed by atoms with van der Waals surface area (Å²) in [6, 6.07) is 8.58. The molecule has 0 amide bonds. The molecule has 0 aliphatic heterocycles. The van der Waals surface area contributed by atoms with Crippen LogP contribution in [0.1, 0.15) is 30.4 Å². The van der Waals surface area contributed by atoms with E-state index in [0.717, 1.165) is 12.8 Å². The molecule has 0 spiro atoms. The minimum atomic E-state index is 1.14. The highest BCUT2D eigenvalue weighted by Crippen LogP contribution is 2.17. The van der Waals surface area contributed by atoms with E-state index in [2.05, 4.69) is 60.7 Å². The van der Waals surface area contributed by atoms with E-state index in [4.69, 9.17) is 0 Å². The van der Waals surface area contributed by atoms with Gasteiger partial charge in [-0.2, -0.15) is 0 Å². The molecule has 82 valence electrons. The Balaban J connectivity index is 0.000000138. The van der Waals surface area contributed by atoms with Crippen LogP contribution in [0.25, 0.3) is 6.08 Å². The molecule has 3 rings (SSSR count). The Morgan fingerprint density at radius 1 is 0.750 bits per heavy atom. The summed E-state index contributed by atoms with van der Waals surface area (Å²) in [6.45, 7) is 0. The van der Waals surface area contributed by atoms with E-state index in [1.165, 1.54) is 24.0 Å². The first-order valence-corrected chi connectivity index (χ1v) is 6.01. The van der Waals surface area contributed by atoms with E-state index in [1.807, 2.05) is 0 Å². The van der Waals surface area contributed by atoms with Crippen LogP contribution >= 0.6 is 0 Å². The quantitative estimate of drug-likeness (QED) is 0.551. The first kappa shape index (κ1) is 10.9. The summed E-state index contributed by atoms with van der Waals surface area (Å²) >= 11 is 0. The van der Waals surface area contributed by atoms with Crippen molar-refractivity contribution in [3.8, 4) is 0 Å². The molecule has 2 aliphatic carbocycles. The average Bonchev–Trinajstić information content (AvgIpc) is 2.42. The number of hydrogen-bond acceptors (Lipinski definition) is 0. The Labute approximate surface area is 98.0 Å². The number of benzene rings is 1. The van der Waals surface area contributed by atoms with Crippen LogP contribution in [0.5, 0.6) is 0 Å². The lowest BCUT2D eigenvalue weighted by Crippen LogP contribution is -1.91. The molecule has 0 heterocycles. The van der Waals surface area contributed by atoms with Crippen molar-refractivity contribution in [2.75, 3.05) is 0 Å². The predicted octanol–water partition coefficient (Wildman–Crippen LogP) is 4.54. The van der Waals surface area contributed by atoms with Crippen molar-refractivity contribution in [2.24, 2.45) is 0 Å². The average molecular weight is 210 g/mol. The number of hydrogen-bond donors (Lipinski definition) is 0. The van der Waals surface area contributed by atoms with Crippen LogP contribution in [0.3, 0.4) is 0 Å². The monoisotopic (exact) mass is 210 g/mol. The van der Waals surface area contributed by atoms with Gasteiger partial charge in [0.2, 0.25) is 0 Å². The van der Waals surface area contributed by atoms with E-state index in [1.54, 1.807) is 0 Å². The minimum Gasteiger partial charge on any atom is -0.0844 e. The fraction of sp³-hybridized carbons (Fsp3) is 0.250. The Hall–Kier alpha value is -1.56. The lowest BCUT2D eigenvalue weighted by atomic mass is 9.98. The zero-order valence-electron chi connectivity index (χ0n) is 9.60. The van der Waals surface area contributed by atoms with E-state index in [0.29, 0.717) is 0 Å². The number of aryl methyl sites for hydroxylation is 1. The van der Waals surface area contributed by atoms with Crippen LogP contribution in [0.4, 0.5) is 0 Å². The Bertz CT molecular complexity index is 388. The van der Waals surface area contributed by atoms with Gasteiger partial charge >= 0.3 is 0 Å². The Kier molecular flexibility index (Phi) is 4.18. The zero-order valence-corrected chi connectivity index (χ0v) is 9.60. The van der Waals surface area contributed by atoms with Crippen LogP contribution in [0, 0.1) is 0 Å². The lowest BCUT2D eigenvalue weighted by Gasteiger charge is -2.07. The van der Waals surface area contributed by atoms with Crippen molar-refractivity contribution in [1.82, 2.24) is 0 Å². The van der Waals surface area contributed by atoms with Crippen molar-refractivity contribution in [1.29, 1.82) is 0 Å². The van der Waals surface area contributed by atoms with E-state index >= 15 is 0 Å². The molecule has 2 aliphatic rings. The predicted molar refractivity (Wildman–Crippen MR) is 71.3 cm³/mol. The minimum absolute atomic E-state index is 1.14. The number of rotatable bonds is 0. The Morgan fingerprint density at radius 2 is 1.44 bits per heavy atom. The summed E-state index contributed by atoms with van der Waals surface area (Å²) in [6.07, 6.45) is 17.9. The van der Waals surface area contributed by atoms with Gasteiger partial charge in [0.15, 0.2) is 0 Å². The molecule has 0 bridgehead atoms. The summed E-state index contributed by atoms with van der Waals surface area (Å²) in [4.78, 5) is 0. The fourth-order valence-corrected chi connectivity index (χ4v) is 1.92. The van der Waals surface area contributed by atoms with Crippen molar-refractivity contribution < 1.29 is 0 Å². The third-order valence-electron chi connectivity index (χ3n) is 2.81. The molecular formula is C16H18. The Morgan fingerprint density at radius 3 is 2.06 bits per heavy atom. The van der Waals surface area contributed by atoms with Crippen molar-refractivity contribution in [2.45, 2.75) is 25.7 Å². The highest BCUT2D eigenvalue weighted by atomic mass is 14.1. The van der Waals surface area contributed by atoms with Gasteiger partial charge in [-0.3, -0.25) is 0 Å². The summed E-state index contributed by atoms with van der Waals surface area (Å²) in [5, 5.41) is 0. The molecule has 0 N–H and O–H groups in total. The van der Waals surface area contributed by atoms with E-state index in [9.17, 15) is 0 Å². The molecule has 0 saturated heterocycles. The van der Waals surface area contributed by atoms with Gasteiger partial charge in [0.25, 0.3) is 0 Å². The standard InChI is InChI=1S/C10H10.C6H8/c1-2-6-10-8-4-3-7-9(10)5-1;1-2-4-6-5-3-1/h1-3,5-7H,4,8H2;1-2,5-6H,3-4H2. The van der Waals surface area contributed by atoms with Gasteiger partial charge in [0.05, 0.1) is 0 Å². The van der Waals surface area contributed by atoms with Gasteiger partial charge in [-0.05, 0) is 36.8 Å². The van der Waals surface area contributed by atoms with Gasteiger partial charge in [-0.15, -0.1) is 0 Å². The molecule has 1 aromatic carbocycles. The van der Waals surface area contributed by atoms with Gasteiger partial charge in [0.1, 0.15) is 0 Å². The SMILES string of the molecule is C1=CCC=CC1.C1=Cc2ccccc2CC1. The maximum absolute atomic E-state index is 2.24. The molecule has 0 atom stereocenters. The van der Waals surface area contributed by atoms with Gasteiger partial charge in [0, 0.05) is 0 Å². The molecule has 0 nitrogen and oxygen atoms in total. The highest BCUT2D eigenvalue weighted by Gasteiger charge is 2.00. The summed E-state index contributed by atoms with van der Waals surface area (Å²) in [5.74, 6) is 0. The maximum Gasteiger partial charge on any atom is -0.0169 e. The van der Waals surface area contributed by atoms with Crippen LogP contribution in [0.2, 0.25) is 0 Å². The summed E-state index contributed by atoms with van der Waals surface area (Å²) < 4.78 is 0. The van der Waals surface area contributed by atoms with Gasteiger partial charge < -0.3 is 0 Å². The molecule has 0 heteroatoms. The maximum atomic E-state index is 2.24. The van der Waals surface area contributed by atoms with Gasteiger partial charge in [-0.1, -0.05) is 60.7 Å². The third-order valence-corrected chi connectivity index (χ3v) is 2.81. The zero-order chi connectivity index (χ0) is 11.1. The molecule has 0 radical (unpaired) electrons. The largest absolute Gasteiger partial charge is 0.0844 e. The van der Waals surface area contributed by atoms with Crippen LogP contribution in [-0.2, 0) is 6.42 Å². The van der Waals surface area contributed by atoms with Crippen molar-refractivity contribution in [3.05, 3.63) is 65.8 Å². The molecule has 0 fully saturated rings. The fourth-order valence-electron chi connectivity index (χ4n) is 1.92. The first-order chi connectivity index (χ1) is 7.97. The van der Waals surface area contributed by atoms with E-state index in [-0.39, 0.29) is 0 Å². The van der Waals surface area contributed by atoms with Gasteiger partial charge in [-0.25, -0.2) is 0 Å². The van der Waals surface area contributed by atoms with Crippen LogP contribution in [0.15, 0.2) is 54.6 Å². The topological polar surface area (TPSA) is 0 Å². The molecule has 0 aromatic heterocycles. The third kappa shape index (κ3) is 3.23.